The van der Waals surface area contributed by atoms with Crippen molar-refractivity contribution in [2.24, 2.45) is 11.7 Å². The Hall–Kier alpha value is -0.610. The van der Waals surface area contributed by atoms with E-state index in [9.17, 15) is 4.79 Å². The van der Waals surface area contributed by atoms with Gasteiger partial charge in [0, 0.05) is 25.2 Å². The Morgan fingerprint density at radius 3 is 2.28 bits per heavy atom. The molecule has 0 aliphatic heterocycles. The summed E-state index contributed by atoms with van der Waals surface area (Å²) in [5, 5.41) is 3.33. The van der Waals surface area contributed by atoms with E-state index in [4.69, 9.17) is 5.73 Å². The number of carbonyl (C=O) groups excluding carboxylic acids is 1. The summed E-state index contributed by atoms with van der Waals surface area (Å²) < 4.78 is 0. The van der Waals surface area contributed by atoms with Crippen LogP contribution in [0.4, 0.5) is 0 Å². The van der Waals surface area contributed by atoms with Crippen molar-refractivity contribution < 1.29 is 4.79 Å². The third kappa shape index (κ3) is 4.58. The summed E-state index contributed by atoms with van der Waals surface area (Å²) in [5.74, 6) is 0.354. The molecule has 0 aromatic heterocycles. The Labute approximate surface area is 111 Å². The van der Waals surface area contributed by atoms with Crippen molar-refractivity contribution in [1.29, 1.82) is 0 Å². The van der Waals surface area contributed by atoms with Gasteiger partial charge >= 0.3 is 0 Å². The maximum Gasteiger partial charge on any atom is 0.238 e. The Bertz CT molecular complexity index is 287. The number of nitrogens with zero attached hydrogens (tertiary/aromatic N) is 1. The third-order valence-electron chi connectivity index (χ3n) is 3.33. The standard InChI is InChI=1S/C14H29N3O/c1-10(2)8-17(12-6-7-12)9-14(5,13(15)18)16-11(3)4/h10-12,16H,6-9H2,1-5H3,(H2,15,18). The molecule has 1 atom stereocenters. The van der Waals surface area contributed by atoms with E-state index in [1.165, 1.54) is 12.8 Å². The van der Waals surface area contributed by atoms with Gasteiger partial charge in [0.2, 0.25) is 5.91 Å². The molecule has 0 heterocycles. The van der Waals surface area contributed by atoms with Crippen LogP contribution >= 0.6 is 0 Å². The van der Waals surface area contributed by atoms with Crippen LogP contribution in [0.1, 0.15) is 47.5 Å². The Kier molecular flexibility index (Phi) is 5.17. The molecule has 1 fully saturated rings. The van der Waals surface area contributed by atoms with Crippen LogP contribution in [0.15, 0.2) is 0 Å². The highest BCUT2D eigenvalue weighted by Gasteiger charge is 2.38. The quantitative estimate of drug-likeness (QED) is 0.688. The number of amides is 1. The molecule has 0 radical (unpaired) electrons. The number of nitrogens with two attached hydrogens (primary N) is 1. The monoisotopic (exact) mass is 255 g/mol. The molecule has 4 nitrogen and oxygen atoms in total. The number of primary amides is 1. The maximum absolute atomic E-state index is 11.8. The summed E-state index contributed by atoms with van der Waals surface area (Å²) >= 11 is 0. The van der Waals surface area contributed by atoms with Crippen molar-refractivity contribution in [3.05, 3.63) is 0 Å². The van der Waals surface area contributed by atoms with E-state index in [2.05, 4.69) is 24.1 Å². The van der Waals surface area contributed by atoms with Crippen LogP contribution in [0.3, 0.4) is 0 Å². The lowest BCUT2D eigenvalue weighted by molar-refractivity contribution is -0.125. The molecule has 1 saturated carbocycles. The average molecular weight is 255 g/mol. The van der Waals surface area contributed by atoms with Crippen molar-refractivity contribution in [3.8, 4) is 0 Å². The molecule has 0 spiro atoms. The smallest absolute Gasteiger partial charge is 0.238 e. The zero-order chi connectivity index (χ0) is 13.9. The van der Waals surface area contributed by atoms with Crippen LogP contribution in [0.5, 0.6) is 0 Å². The van der Waals surface area contributed by atoms with Crippen molar-refractivity contribution in [3.63, 3.8) is 0 Å². The first-order valence-corrected chi connectivity index (χ1v) is 7.06. The normalized spacial score (nSPS) is 19.6. The molecular weight excluding hydrogens is 226 g/mol. The van der Waals surface area contributed by atoms with E-state index in [0.29, 0.717) is 18.5 Å². The summed E-state index contributed by atoms with van der Waals surface area (Å²) in [5.41, 5.74) is 4.96. The van der Waals surface area contributed by atoms with E-state index in [-0.39, 0.29) is 11.9 Å². The summed E-state index contributed by atoms with van der Waals surface area (Å²) in [6, 6.07) is 0.905. The lowest BCUT2D eigenvalue weighted by atomic mass is 9.98. The zero-order valence-electron chi connectivity index (χ0n) is 12.5. The molecule has 18 heavy (non-hydrogen) atoms. The SMILES string of the molecule is CC(C)CN(CC(C)(NC(C)C)C(N)=O)C1CC1. The molecule has 106 valence electrons. The second-order valence-electron chi connectivity index (χ2n) is 6.55. The van der Waals surface area contributed by atoms with Gasteiger partial charge in [-0.25, -0.2) is 0 Å². The van der Waals surface area contributed by atoms with Gasteiger partial charge < -0.3 is 11.1 Å². The Morgan fingerprint density at radius 2 is 1.94 bits per heavy atom. The van der Waals surface area contributed by atoms with Gasteiger partial charge in [-0.05, 0) is 39.5 Å². The number of nitrogens with one attached hydrogen (secondary N) is 1. The van der Waals surface area contributed by atoms with Crippen molar-refractivity contribution in [1.82, 2.24) is 10.2 Å². The van der Waals surface area contributed by atoms with Gasteiger partial charge in [-0.1, -0.05) is 13.8 Å². The van der Waals surface area contributed by atoms with Gasteiger partial charge in [0.15, 0.2) is 0 Å². The van der Waals surface area contributed by atoms with Crippen molar-refractivity contribution in [2.45, 2.75) is 65.1 Å². The van der Waals surface area contributed by atoms with Gasteiger partial charge in [0.05, 0.1) is 0 Å². The van der Waals surface area contributed by atoms with Crippen LogP contribution in [-0.4, -0.2) is 41.5 Å². The van der Waals surface area contributed by atoms with Gasteiger partial charge in [-0.3, -0.25) is 9.69 Å². The highest BCUT2D eigenvalue weighted by Crippen LogP contribution is 2.29. The predicted molar refractivity (Wildman–Crippen MR) is 75.3 cm³/mol. The second kappa shape index (κ2) is 6.02. The molecule has 1 unspecified atom stereocenters. The number of hydrogen-bond donors (Lipinski definition) is 2. The molecule has 1 amide bonds. The van der Waals surface area contributed by atoms with Gasteiger partial charge in [-0.15, -0.1) is 0 Å². The fraction of sp³-hybridized carbons (Fsp3) is 0.929. The highest BCUT2D eigenvalue weighted by atomic mass is 16.1. The summed E-state index contributed by atoms with van der Waals surface area (Å²) in [6.07, 6.45) is 2.51. The first-order valence-electron chi connectivity index (χ1n) is 7.06. The van der Waals surface area contributed by atoms with Crippen molar-refractivity contribution in [2.75, 3.05) is 13.1 Å². The first kappa shape index (κ1) is 15.4. The van der Waals surface area contributed by atoms with E-state index in [1.54, 1.807) is 0 Å². The molecule has 3 N–H and O–H groups in total. The van der Waals surface area contributed by atoms with Crippen LogP contribution < -0.4 is 11.1 Å². The Morgan fingerprint density at radius 1 is 1.39 bits per heavy atom. The molecule has 1 aliphatic rings. The number of rotatable bonds is 8. The van der Waals surface area contributed by atoms with Crippen LogP contribution in [-0.2, 0) is 4.79 Å². The minimum absolute atomic E-state index is 0.252. The highest BCUT2D eigenvalue weighted by molar-refractivity contribution is 5.84. The van der Waals surface area contributed by atoms with Crippen LogP contribution in [0, 0.1) is 5.92 Å². The molecule has 0 bridgehead atoms. The average Bonchev–Trinajstić information content (AvgIpc) is 2.96. The molecule has 4 heteroatoms. The number of carbonyl (C=O) groups is 1. The lowest BCUT2D eigenvalue weighted by Crippen LogP contribution is -2.61. The van der Waals surface area contributed by atoms with Gasteiger partial charge in [0.25, 0.3) is 0 Å². The van der Waals surface area contributed by atoms with E-state index in [1.807, 2.05) is 20.8 Å². The zero-order valence-corrected chi connectivity index (χ0v) is 12.5. The lowest BCUT2D eigenvalue weighted by Gasteiger charge is -2.36. The van der Waals surface area contributed by atoms with E-state index >= 15 is 0 Å². The van der Waals surface area contributed by atoms with Gasteiger partial charge in [-0.2, -0.15) is 0 Å². The summed E-state index contributed by atoms with van der Waals surface area (Å²) in [7, 11) is 0. The third-order valence-corrected chi connectivity index (χ3v) is 3.33. The first-order chi connectivity index (χ1) is 8.24. The summed E-state index contributed by atoms with van der Waals surface area (Å²) in [4.78, 5) is 14.2. The fourth-order valence-electron chi connectivity index (χ4n) is 2.49. The van der Waals surface area contributed by atoms with E-state index < -0.39 is 5.54 Å². The molecule has 1 rings (SSSR count). The van der Waals surface area contributed by atoms with E-state index in [0.717, 1.165) is 6.54 Å². The Balaban J connectivity index is 2.70. The molecule has 0 saturated heterocycles. The van der Waals surface area contributed by atoms with Crippen LogP contribution in [0.2, 0.25) is 0 Å². The molecule has 0 aromatic rings. The second-order valence-corrected chi connectivity index (χ2v) is 6.55. The van der Waals surface area contributed by atoms with Gasteiger partial charge in [0.1, 0.15) is 5.54 Å². The maximum atomic E-state index is 11.8. The molecular formula is C14H29N3O. The summed E-state index contributed by atoms with van der Waals surface area (Å²) in [6.45, 7) is 12.2. The minimum atomic E-state index is -0.633. The number of hydrogen-bond acceptors (Lipinski definition) is 3. The fourth-order valence-corrected chi connectivity index (χ4v) is 2.49. The topological polar surface area (TPSA) is 58.4 Å². The largest absolute Gasteiger partial charge is 0.368 e. The predicted octanol–water partition coefficient (Wildman–Crippen LogP) is 1.35. The minimum Gasteiger partial charge on any atom is -0.368 e. The molecule has 0 aromatic carbocycles. The van der Waals surface area contributed by atoms with Crippen LogP contribution in [0.25, 0.3) is 0 Å². The molecule has 1 aliphatic carbocycles. The van der Waals surface area contributed by atoms with Crippen molar-refractivity contribution >= 4 is 5.91 Å².